The molecule has 13 heavy (non-hydrogen) atoms. The van der Waals surface area contributed by atoms with Gasteiger partial charge in [-0.2, -0.15) is 5.26 Å². The fraction of sp³-hybridized carbons (Fsp3) is 0.778. The first-order valence-electron chi connectivity index (χ1n) is 4.35. The molecule has 0 aliphatic carbocycles. The van der Waals surface area contributed by atoms with E-state index < -0.39 is 5.92 Å². The van der Waals surface area contributed by atoms with Gasteiger partial charge in [0.1, 0.15) is 5.92 Å². The van der Waals surface area contributed by atoms with Gasteiger partial charge in [-0.1, -0.05) is 0 Å². The minimum atomic E-state index is -0.631. The largest absolute Gasteiger partial charge is 0.395 e. The summed E-state index contributed by atoms with van der Waals surface area (Å²) in [4.78, 5) is 13.0. The van der Waals surface area contributed by atoms with Crippen LogP contribution in [0.4, 0.5) is 0 Å². The van der Waals surface area contributed by atoms with Gasteiger partial charge in [-0.15, -0.1) is 0 Å². The molecule has 0 radical (unpaired) electrons. The number of nitrogens with zero attached hydrogens (tertiary/aromatic N) is 2. The maximum Gasteiger partial charge on any atom is 0.239 e. The zero-order valence-electron chi connectivity index (χ0n) is 8.32. The molecule has 0 rings (SSSR count). The first-order chi connectivity index (χ1) is 6.04. The van der Waals surface area contributed by atoms with Gasteiger partial charge in [-0.25, -0.2) is 0 Å². The molecule has 0 aliphatic rings. The smallest absolute Gasteiger partial charge is 0.239 e. The molecule has 74 valence electrons. The predicted molar refractivity (Wildman–Crippen MR) is 48.7 cm³/mol. The minimum absolute atomic E-state index is 0.0236. The van der Waals surface area contributed by atoms with Crippen molar-refractivity contribution in [2.75, 3.05) is 13.2 Å². The fourth-order valence-electron chi connectivity index (χ4n) is 1.03. The van der Waals surface area contributed by atoms with Crippen molar-refractivity contribution >= 4 is 5.91 Å². The van der Waals surface area contributed by atoms with Crippen LogP contribution in [0.5, 0.6) is 0 Å². The van der Waals surface area contributed by atoms with Crippen molar-refractivity contribution in [2.24, 2.45) is 5.92 Å². The highest BCUT2D eigenvalue weighted by Gasteiger charge is 2.21. The molecule has 0 saturated heterocycles. The van der Waals surface area contributed by atoms with Crippen LogP contribution < -0.4 is 0 Å². The maximum absolute atomic E-state index is 11.5. The van der Waals surface area contributed by atoms with Gasteiger partial charge in [0.25, 0.3) is 0 Å². The van der Waals surface area contributed by atoms with Crippen LogP contribution in [0.2, 0.25) is 0 Å². The summed E-state index contributed by atoms with van der Waals surface area (Å²) >= 11 is 0. The SMILES string of the molecule is CC(C#N)C(=O)N(CCO)C(C)C. The Morgan fingerprint density at radius 3 is 2.38 bits per heavy atom. The van der Waals surface area contributed by atoms with Gasteiger partial charge in [0.15, 0.2) is 0 Å². The Bertz CT molecular complexity index is 208. The quantitative estimate of drug-likeness (QED) is 0.686. The lowest BCUT2D eigenvalue weighted by Crippen LogP contribution is -2.41. The molecule has 0 saturated carbocycles. The number of nitriles is 1. The monoisotopic (exact) mass is 184 g/mol. The molecule has 0 spiro atoms. The predicted octanol–water partition coefficient (Wildman–Crippen LogP) is 0.375. The van der Waals surface area contributed by atoms with Crippen LogP contribution in [0.25, 0.3) is 0 Å². The lowest BCUT2D eigenvalue weighted by molar-refractivity contribution is -0.135. The average Bonchev–Trinajstić information content (AvgIpc) is 2.11. The first kappa shape index (κ1) is 11.9. The third kappa shape index (κ3) is 3.43. The van der Waals surface area contributed by atoms with Crippen LogP contribution in [0, 0.1) is 17.2 Å². The summed E-state index contributed by atoms with van der Waals surface area (Å²) in [6, 6.07) is 1.91. The van der Waals surface area contributed by atoms with Gasteiger partial charge in [0, 0.05) is 12.6 Å². The highest BCUT2D eigenvalue weighted by Crippen LogP contribution is 2.05. The minimum Gasteiger partial charge on any atom is -0.395 e. The van der Waals surface area contributed by atoms with Crippen molar-refractivity contribution in [1.82, 2.24) is 4.90 Å². The molecule has 1 unspecified atom stereocenters. The Morgan fingerprint density at radius 1 is 1.54 bits per heavy atom. The van der Waals surface area contributed by atoms with E-state index in [4.69, 9.17) is 10.4 Å². The molecule has 0 aliphatic heterocycles. The second-order valence-electron chi connectivity index (χ2n) is 3.20. The fourth-order valence-corrected chi connectivity index (χ4v) is 1.03. The van der Waals surface area contributed by atoms with Gasteiger partial charge in [-0.3, -0.25) is 4.79 Å². The number of hydrogen-bond acceptors (Lipinski definition) is 3. The summed E-state index contributed by atoms with van der Waals surface area (Å²) in [7, 11) is 0. The second kappa shape index (κ2) is 5.55. The molecular weight excluding hydrogens is 168 g/mol. The van der Waals surface area contributed by atoms with Crippen molar-refractivity contribution in [2.45, 2.75) is 26.8 Å². The molecule has 0 aromatic carbocycles. The summed E-state index contributed by atoms with van der Waals surface area (Å²) < 4.78 is 0. The summed E-state index contributed by atoms with van der Waals surface area (Å²) in [5.41, 5.74) is 0. The Morgan fingerprint density at radius 2 is 2.08 bits per heavy atom. The van der Waals surface area contributed by atoms with E-state index in [1.807, 2.05) is 19.9 Å². The van der Waals surface area contributed by atoms with Gasteiger partial charge in [0.05, 0.1) is 12.7 Å². The van der Waals surface area contributed by atoms with Crippen LogP contribution in [0.3, 0.4) is 0 Å². The van der Waals surface area contributed by atoms with E-state index in [0.717, 1.165) is 0 Å². The molecule has 4 nitrogen and oxygen atoms in total. The molecule has 1 amide bonds. The van der Waals surface area contributed by atoms with Gasteiger partial charge in [-0.05, 0) is 20.8 Å². The molecule has 0 aromatic rings. The van der Waals surface area contributed by atoms with Gasteiger partial charge >= 0.3 is 0 Å². The van der Waals surface area contributed by atoms with Crippen molar-refractivity contribution in [3.8, 4) is 6.07 Å². The molecule has 0 aromatic heterocycles. The Labute approximate surface area is 78.8 Å². The topological polar surface area (TPSA) is 64.3 Å². The average molecular weight is 184 g/mol. The van der Waals surface area contributed by atoms with Crippen LogP contribution >= 0.6 is 0 Å². The third-order valence-electron chi connectivity index (χ3n) is 1.81. The van der Waals surface area contributed by atoms with Crippen molar-refractivity contribution in [1.29, 1.82) is 5.26 Å². The van der Waals surface area contributed by atoms with Crippen LogP contribution in [0.15, 0.2) is 0 Å². The van der Waals surface area contributed by atoms with Gasteiger partial charge < -0.3 is 10.0 Å². The maximum atomic E-state index is 11.5. The summed E-state index contributed by atoms with van der Waals surface area (Å²) in [5, 5.41) is 17.3. The molecule has 4 heteroatoms. The van der Waals surface area contributed by atoms with E-state index >= 15 is 0 Å². The molecule has 1 atom stereocenters. The number of amides is 1. The highest BCUT2D eigenvalue weighted by molar-refractivity contribution is 5.81. The van der Waals surface area contributed by atoms with Crippen LogP contribution in [-0.4, -0.2) is 35.1 Å². The van der Waals surface area contributed by atoms with E-state index in [9.17, 15) is 4.79 Å². The molecule has 1 N–H and O–H groups in total. The standard InChI is InChI=1S/C9H16N2O2/c1-7(2)11(4-5-12)9(13)8(3)6-10/h7-8,12H,4-5H2,1-3H3. The number of carbonyl (C=O) groups is 1. The lowest BCUT2D eigenvalue weighted by atomic mass is 10.1. The number of aliphatic hydroxyl groups excluding tert-OH is 1. The lowest BCUT2D eigenvalue weighted by Gasteiger charge is -2.26. The third-order valence-corrected chi connectivity index (χ3v) is 1.81. The Kier molecular flexibility index (Phi) is 5.09. The first-order valence-corrected chi connectivity index (χ1v) is 4.35. The number of carbonyl (C=O) groups excluding carboxylic acids is 1. The van der Waals surface area contributed by atoms with Gasteiger partial charge in [0.2, 0.25) is 5.91 Å². The van der Waals surface area contributed by atoms with E-state index in [2.05, 4.69) is 0 Å². The van der Waals surface area contributed by atoms with Crippen LogP contribution in [0.1, 0.15) is 20.8 Å². The van der Waals surface area contributed by atoms with E-state index in [-0.39, 0.29) is 18.6 Å². The van der Waals surface area contributed by atoms with E-state index in [1.54, 1.807) is 6.92 Å². The normalized spacial score (nSPS) is 12.3. The Hall–Kier alpha value is -1.08. The number of rotatable bonds is 4. The molecule has 0 heterocycles. The molecule has 0 fully saturated rings. The zero-order chi connectivity index (χ0) is 10.4. The van der Waals surface area contributed by atoms with Crippen molar-refractivity contribution < 1.29 is 9.90 Å². The number of aliphatic hydroxyl groups is 1. The summed E-state index contributed by atoms with van der Waals surface area (Å²) in [5.74, 6) is -0.847. The summed E-state index contributed by atoms with van der Waals surface area (Å²) in [6.07, 6.45) is 0. The van der Waals surface area contributed by atoms with Crippen molar-refractivity contribution in [3.05, 3.63) is 0 Å². The zero-order valence-corrected chi connectivity index (χ0v) is 8.32. The highest BCUT2D eigenvalue weighted by atomic mass is 16.3. The second-order valence-corrected chi connectivity index (χ2v) is 3.20. The number of hydrogen-bond donors (Lipinski definition) is 1. The van der Waals surface area contributed by atoms with Crippen molar-refractivity contribution in [3.63, 3.8) is 0 Å². The van der Waals surface area contributed by atoms with E-state index in [0.29, 0.717) is 6.54 Å². The van der Waals surface area contributed by atoms with E-state index in [1.165, 1.54) is 4.90 Å². The molecule has 0 bridgehead atoms. The summed E-state index contributed by atoms with van der Waals surface area (Å²) in [6.45, 7) is 5.51. The Balaban J connectivity index is 4.38. The molecular formula is C9H16N2O2. The van der Waals surface area contributed by atoms with Crippen LogP contribution in [-0.2, 0) is 4.79 Å².